The Morgan fingerprint density at radius 1 is 1.31 bits per heavy atom. The number of nitrogens with one attached hydrogen (secondary N) is 1. The van der Waals surface area contributed by atoms with Gasteiger partial charge in [0.05, 0.1) is 5.25 Å². The first-order chi connectivity index (χ1) is 12.6. The Kier molecular flexibility index (Phi) is 7.00. The van der Waals surface area contributed by atoms with E-state index in [4.69, 9.17) is 5.84 Å². The summed E-state index contributed by atoms with van der Waals surface area (Å²) < 4.78 is 1.59. The van der Waals surface area contributed by atoms with Crippen molar-refractivity contribution in [2.24, 2.45) is 0 Å². The Morgan fingerprint density at radius 3 is 2.85 bits per heavy atom. The Morgan fingerprint density at radius 2 is 2.12 bits per heavy atom. The second kappa shape index (κ2) is 9.44. The Hall–Kier alpha value is -1.50. The SMILES string of the molecule is C[C@H](Sc1nnc(C2CCCCC2)n1N)C(=O)NCCC1=CCCCC1. The molecule has 1 amide bonds. The van der Waals surface area contributed by atoms with Crippen LogP contribution in [0.25, 0.3) is 0 Å². The van der Waals surface area contributed by atoms with Crippen molar-refractivity contribution in [1.29, 1.82) is 0 Å². The normalized spacial score (nSPS) is 19.8. The summed E-state index contributed by atoms with van der Waals surface area (Å²) in [4.78, 5) is 12.4. The molecule has 26 heavy (non-hydrogen) atoms. The zero-order valence-corrected chi connectivity index (χ0v) is 16.6. The molecule has 1 heterocycles. The number of hydrogen-bond acceptors (Lipinski definition) is 5. The first-order valence-electron chi connectivity index (χ1n) is 9.98. The van der Waals surface area contributed by atoms with Gasteiger partial charge in [0.15, 0.2) is 5.82 Å². The topological polar surface area (TPSA) is 85.8 Å². The van der Waals surface area contributed by atoms with Crippen molar-refractivity contribution >= 4 is 17.7 Å². The molecule has 1 aromatic heterocycles. The van der Waals surface area contributed by atoms with Crippen molar-refractivity contribution in [1.82, 2.24) is 20.2 Å². The summed E-state index contributed by atoms with van der Waals surface area (Å²) in [6.45, 7) is 2.60. The average molecular weight is 378 g/mol. The number of nitrogen functional groups attached to an aromatic ring is 1. The second-order valence-corrected chi connectivity index (χ2v) is 8.76. The number of hydrogen-bond donors (Lipinski definition) is 2. The van der Waals surface area contributed by atoms with E-state index in [0.29, 0.717) is 17.6 Å². The van der Waals surface area contributed by atoms with Crippen LogP contribution in [0.2, 0.25) is 0 Å². The van der Waals surface area contributed by atoms with Gasteiger partial charge in [-0.15, -0.1) is 10.2 Å². The van der Waals surface area contributed by atoms with Crippen molar-refractivity contribution in [2.75, 3.05) is 12.4 Å². The third kappa shape index (κ3) is 5.02. The lowest BCUT2D eigenvalue weighted by molar-refractivity contribution is -0.120. The molecule has 0 spiro atoms. The number of aromatic nitrogens is 3. The molecule has 0 unspecified atom stereocenters. The highest BCUT2D eigenvalue weighted by Crippen LogP contribution is 2.32. The summed E-state index contributed by atoms with van der Waals surface area (Å²) in [6, 6.07) is 0. The van der Waals surface area contributed by atoms with Gasteiger partial charge in [-0.3, -0.25) is 4.79 Å². The average Bonchev–Trinajstić information content (AvgIpc) is 3.03. The summed E-state index contributed by atoms with van der Waals surface area (Å²) in [5.74, 6) is 7.52. The van der Waals surface area contributed by atoms with Gasteiger partial charge in [0.2, 0.25) is 11.1 Å². The molecule has 1 atom stereocenters. The Balaban J connectivity index is 1.47. The molecule has 0 aliphatic heterocycles. The molecular weight excluding hydrogens is 346 g/mol. The van der Waals surface area contributed by atoms with E-state index >= 15 is 0 Å². The van der Waals surface area contributed by atoms with Gasteiger partial charge in [-0.05, 0) is 51.9 Å². The van der Waals surface area contributed by atoms with Crippen molar-refractivity contribution in [3.05, 3.63) is 17.5 Å². The number of nitrogens with zero attached hydrogens (tertiary/aromatic N) is 3. The number of carbonyl (C=O) groups is 1. The van der Waals surface area contributed by atoms with Crippen LogP contribution in [0.3, 0.4) is 0 Å². The van der Waals surface area contributed by atoms with E-state index in [9.17, 15) is 4.79 Å². The maximum Gasteiger partial charge on any atom is 0.233 e. The standard InChI is InChI=1S/C19H31N5OS/c1-14(18(25)21-13-12-15-8-4-2-5-9-15)26-19-23-22-17(24(19)20)16-10-6-3-7-11-16/h8,14,16H,2-7,9-13,20H2,1H3,(H,21,25)/t14-/m0/s1. The Bertz CT molecular complexity index is 636. The molecule has 3 rings (SSSR count). The molecule has 3 N–H and O–H groups in total. The van der Waals surface area contributed by atoms with Crippen LogP contribution in [-0.4, -0.2) is 32.6 Å². The fourth-order valence-corrected chi connectivity index (χ4v) is 4.64. The van der Waals surface area contributed by atoms with Crippen LogP contribution in [-0.2, 0) is 4.79 Å². The van der Waals surface area contributed by atoms with Crippen LogP contribution in [0.1, 0.15) is 82.9 Å². The molecule has 2 aliphatic carbocycles. The lowest BCUT2D eigenvalue weighted by atomic mass is 9.89. The van der Waals surface area contributed by atoms with Crippen LogP contribution < -0.4 is 11.2 Å². The highest BCUT2D eigenvalue weighted by atomic mass is 32.2. The lowest BCUT2D eigenvalue weighted by Crippen LogP contribution is -2.32. The molecule has 2 aliphatic rings. The van der Waals surface area contributed by atoms with Crippen LogP contribution in [0.15, 0.2) is 16.8 Å². The number of amides is 1. The zero-order valence-electron chi connectivity index (χ0n) is 15.7. The van der Waals surface area contributed by atoms with Crippen LogP contribution in [0.4, 0.5) is 0 Å². The number of thioether (sulfide) groups is 1. The van der Waals surface area contributed by atoms with E-state index in [-0.39, 0.29) is 11.2 Å². The van der Waals surface area contributed by atoms with E-state index in [1.54, 1.807) is 4.68 Å². The molecule has 7 heteroatoms. The monoisotopic (exact) mass is 377 g/mol. The smallest absolute Gasteiger partial charge is 0.233 e. The molecule has 0 radical (unpaired) electrons. The van der Waals surface area contributed by atoms with Crippen LogP contribution in [0.5, 0.6) is 0 Å². The summed E-state index contributed by atoms with van der Waals surface area (Å²) in [5, 5.41) is 12.0. The Labute approximate surface area is 160 Å². The minimum Gasteiger partial charge on any atom is -0.355 e. The second-order valence-electron chi connectivity index (χ2n) is 7.45. The molecule has 1 saturated carbocycles. The first-order valence-corrected chi connectivity index (χ1v) is 10.9. The molecule has 1 fully saturated rings. The number of rotatable bonds is 7. The largest absolute Gasteiger partial charge is 0.355 e. The minimum absolute atomic E-state index is 0.0358. The molecule has 1 aromatic rings. The first kappa shape index (κ1) is 19.3. The van der Waals surface area contributed by atoms with Gasteiger partial charge in [-0.1, -0.05) is 42.7 Å². The summed E-state index contributed by atoms with van der Waals surface area (Å²) >= 11 is 1.39. The number of allylic oxidation sites excluding steroid dienone is 1. The highest BCUT2D eigenvalue weighted by Gasteiger charge is 2.24. The van der Waals surface area contributed by atoms with E-state index < -0.39 is 0 Å². The van der Waals surface area contributed by atoms with Gasteiger partial charge in [0.25, 0.3) is 0 Å². The molecule has 0 saturated heterocycles. The fraction of sp³-hybridized carbons (Fsp3) is 0.737. The van der Waals surface area contributed by atoms with Crippen molar-refractivity contribution in [2.45, 2.75) is 87.5 Å². The number of nitrogens with two attached hydrogens (primary N) is 1. The maximum atomic E-state index is 12.4. The van der Waals surface area contributed by atoms with Gasteiger partial charge in [0, 0.05) is 12.5 Å². The molecule has 6 nitrogen and oxygen atoms in total. The van der Waals surface area contributed by atoms with Gasteiger partial charge in [0.1, 0.15) is 0 Å². The molecule has 0 bridgehead atoms. The van der Waals surface area contributed by atoms with E-state index in [0.717, 1.165) is 25.1 Å². The molecule has 0 aromatic carbocycles. The predicted molar refractivity (Wildman–Crippen MR) is 105 cm³/mol. The quantitative estimate of drug-likeness (QED) is 0.431. The molecule has 144 valence electrons. The molecular formula is C19H31N5OS. The summed E-state index contributed by atoms with van der Waals surface area (Å²) in [5.41, 5.74) is 1.48. The van der Waals surface area contributed by atoms with Crippen molar-refractivity contribution < 1.29 is 4.79 Å². The third-order valence-electron chi connectivity index (χ3n) is 5.44. The van der Waals surface area contributed by atoms with Crippen molar-refractivity contribution in [3.63, 3.8) is 0 Å². The minimum atomic E-state index is -0.235. The van der Waals surface area contributed by atoms with Gasteiger partial charge in [-0.2, -0.15) is 0 Å². The van der Waals surface area contributed by atoms with E-state index in [1.165, 1.54) is 62.3 Å². The maximum absolute atomic E-state index is 12.4. The van der Waals surface area contributed by atoms with Crippen molar-refractivity contribution in [3.8, 4) is 0 Å². The predicted octanol–water partition coefficient (Wildman–Crippen LogP) is 3.53. The fourth-order valence-electron chi connectivity index (χ4n) is 3.84. The number of carbonyl (C=O) groups excluding carboxylic acids is 1. The van der Waals surface area contributed by atoms with E-state index in [1.807, 2.05) is 6.92 Å². The van der Waals surface area contributed by atoms with Gasteiger partial charge < -0.3 is 11.2 Å². The zero-order chi connectivity index (χ0) is 18.4. The summed E-state index contributed by atoms with van der Waals surface area (Å²) in [6.07, 6.45) is 14.3. The van der Waals surface area contributed by atoms with Crippen LogP contribution in [0, 0.1) is 0 Å². The van der Waals surface area contributed by atoms with E-state index in [2.05, 4.69) is 21.6 Å². The highest BCUT2D eigenvalue weighted by molar-refractivity contribution is 8.00. The lowest BCUT2D eigenvalue weighted by Gasteiger charge is -2.20. The summed E-state index contributed by atoms with van der Waals surface area (Å²) in [7, 11) is 0. The van der Waals surface area contributed by atoms with Gasteiger partial charge in [-0.25, -0.2) is 4.68 Å². The van der Waals surface area contributed by atoms with Gasteiger partial charge >= 0.3 is 0 Å². The third-order valence-corrected chi connectivity index (χ3v) is 6.50. The van der Waals surface area contributed by atoms with Crippen LogP contribution >= 0.6 is 11.8 Å².